The minimum atomic E-state index is -0.0132. The number of fused-ring (bicyclic) bond motifs is 9. The SMILES string of the molecule is CC1(C)c2ccccc2-c2cc(-n3c4ccccc4c4c(-c5ccc6c(c5)c5ccccc5n6-c5ccccc5)cccc43)ccc21. The first kappa shape index (κ1) is 26.4. The van der Waals surface area contributed by atoms with Crippen LogP contribution in [0.1, 0.15) is 25.0 Å². The van der Waals surface area contributed by atoms with Crippen molar-refractivity contribution in [2.45, 2.75) is 19.3 Å². The molecule has 0 saturated heterocycles. The van der Waals surface area contributed by atoms with Gasteiger partial charge in [0.15, 0.2) is 0 Å². The summed E-state index contributed by atoms with van der Waals surface area (Å²) in [6, 6.07) is 58.1. The fraction of sp³-hybridized carbons (Fsp3) is 0.0667. The Balaban J connectivity index is 1.22. The Kier molecular flexibility index (Phi) is 5.37. The van der Waals surface area contributed by atoms with Crippen LogP contribution in [0.2, 0.25) is 0 Å². The van der Waals surface area contributed by atoms with Gasteiger partial charge in [0.25, 0.3) is 0 Å². The second-order valence-corrected chi connectivity index (χ2v) is 13.4. The zero-order valence-corrected chi connectivity index (χ0v) is 26.4. The summed E-state index contributed by atoms with van der Waals surface area (Å²) in [6.45, 7) is 4.69. The van der Waals surface area contributed by atoms with Gasteiger partial charge in [0.2, 0.25) is 0 Å². The second kappa shape index (κ2) is 9.57. The van der Waals surface area contributed by atoms with Crippen LogP contribution in [0, 0.1) is 0 Å². The standard InChI is InChI=1S/C45H32N2/c1-45(2)38-19-9-6-15-33(38)36-28-31(24-25-39(36)45)47-41-21-11-8-17-35(41)44-32(18-12-22-43(44)47)29-23-26-42-37(27-29)34-16-7-10-20-40(34)46(42)30-13-4-3-5-14-30/h3-28H,1-2H3. The smallest absolute Gasteiger partial charge is 0.0547 e. The number of nitrogens with zero attached hydrogens (tertiary/aromatic N) is 2. The maximum absolute atomic E-state index is 2.46. The Bertz CT molecular complexity index is 2700. The van der Waals surface area contributed by atoms with Gasteiger partial charge in [-0.15, -0.1) is 0 Å². The zero-order chi connectivity index (χ0) is 31.3. The molecule has 0 spiro atoms. The number of benzene rings is 7. The summed E-state index contributed by atoms with van der Waals surface area (Å²) in [7, 11) is 0. The van der Waals surface area contributed by atoms with Crippen molar-refractivity contribution in [3.8, 4) is 33.6 Å². The summed E-state index contributed by atoms with van der Waals surface area (Å²) in [5, 5.41) is 5.09. The lowest BCUT2D eigenvalue weighted by Gasteiger charge is -2.21. The molecule has 0 unspecified atom stereocenters. The fourth-order valence-electron chi connectivity index (χ4n) is 8.38. The Morgan fingerprint density at radius 3 is 1.85 bits per heavy atom. The lowest BCUT2D eigenvalue weighted by Crippen LogP contribution is -2.14. The van der Waals surface area contributed by atoms with Crippen LogP contribution in [0.4, 0.5) is 0 Å². The predicted octanol–water partition coefficient (Wildman–Crippen LogP) is 11.9. The summed E-state index contributed by atoms with van der Waals surface area (Å²) < 4.78 is 4.84. The lowest BCUT2D eigenvalue weighted by atomic mass is 9.82. The maximum Gasteiger partial charge on any atom is 0.0547 e. The quantitative estimate of drug-likeness (QED) is 0.191. The Labute approximate surface area is 273 Å². The molecule has 9 aromatic rings. The molecule has 0 saturated carbocycles. The van der Waals surface area contributed by atoms with Gasteiger partial charge < -0.3 is 9.13 Å². The van der Waals surface area contributed by atoms with Crippen LogP contribution in [-0.2, 0) is 5.41 Å². The van der Waals surface area contributed by atoms with Crippen molar-refractivity contribution < 1.29 is 0 Å². The Morgan fingerprint density at radius 2 is 1.00 bits per heavy atom. The van der Waals surface area contributed by atoms with Crippen LogP contribution in [0.25, 0.3) is 77.2 Å². The second-order valence-electron chi connectivity index (χ2n) is 13.4. The van der Waals surface area contributed by atoms with Gasteiger partial charge in [0.1, 0.15) is 0 Å². The summed E-state index contributed by atoms with van der Waals surface area (Å²) in [5.41, 5.74) is 15.2. The van der Waals surface area contributed by atoms with E-state index in [2.05, 4.69) is 181 Å². The zero-order valence-electron chi connectivity index (χ0n) is 26.4. The van der Waals surface area contributed by atoms with Crippen molar-refractivity contribution in [3.05, 3.63) is 169 Å². The maximum atomic E-state index is 2.46. The van der Waals surface area contributed by atoms with Crippen molar-refractivity contribution in [1.82, 2.24) is 9.13 Å². The van der Waals surface area contributed by atoms with Crippen molar-refractivity contribution in [2.24, 2.45) is 0 Å². The highest BCUT2D eigenvalue weighted by Gasteiger charge is 2.35. The molecule has 0 aliphatic heterocycles. The highest BCUT2D eigenvalue weighted by Crippen LogP contribution is 2.49. The summed E-state index contributed by atoms with van der Waals surface area (Å²) in [5.74, 6) is 0. The summed E-state index contributed by atoms with van der Waals surface area (Å²) in [4.78, 5) is 0. The van der Waals surface area contributed by atoms with Crippen LogP contribution in [0.3, 0.4) is 0 Å². The largest absolute Gasteiger partial charge is 0.309 e. The van der Waals surface area contributed by atoms with E-state index in [1.54, 1.807) is 0 Å². The molecule has 0 fully saturated rings. The molecule has 1 aliphatic carbocycles. The van der Waals surface area contributed by atoms with Crippen molar-refractivity contribution in [3.63, 3.8) is 0 Å². The van der Waals surface area contributed by atoms with Gasteiger partial charge in [0.05, 0.1) is 22.1 Å². The molecule has 2 nitrogen and oxygen atoms in total. The van der Waals surface area contributed by atoms with Gasteiger partial charge in [-0.2, -0.15) is 0 Å². The van der Waals surface area contributed by atoms with Gasteiger partial charge in [-0.25, -0.2) is 0 Å². The predicted molar refractivity (Wildman–Crippen MR) is 198 cm³/mol. The van der Waals surface area contributed by atoms with Crippen molar-refractivity contribution >= 4 is 43.6 Å². The van der Waals surface area contributed by atoms with Gasteiger partial charge in [-0.1, -0.05) is 117 Å². The third-order valence-corrected chi connectivity index (χ3v) is 10.5. The molecular formula is C45H32N2. The number of hydrogen-bond donors (Lipinski definition) is 0. The minimum absolute atomic E-state index is 0.0132. The van der Waals surface area contributed by atoms with Crippen molar-refractivity contribution in [2.75, 3.05) is 0 Å². The average molecular weight is 601 g/mol. The highest BCUT2D eigenvalue weighted by molar-refractivity contribution is 6.17. The molecule has 2 heteroatoms. The minimum Gasteiger partial charge on any atom is -0.309 e. The van der Waals surface area contributed by atoms with Crippen LogP contribution in [0.15, 0.2) is 158 Å². The van der Waals surface area contributed by atoms with Crippen LogP contribution in [0.5, 0.6) is 0 Å². The van der Waals surface area contributed by atoms with Crippen LogP contribution < -0.4 is 0 Å². The van der Waals surface area contributed by atoms with E-state index in [4.69, 9.17) is 0 Å². The molecule has 0 radical (unpaired) electrons. The van der Waals surface area contributed by atoms with E-state index in [0.717, 1.165) is 0 Å². The normalized spacial score (nSPS) is 13.5. The number of aromatic nitrogens is 2. The third-order valence-electron chi connectivity index (χ3n) is 10.5. The first-order valence-electron chi connectivity index (χ1n) is 16.5. The van der Waals surface area contributed by atoms with E-state index < -0.39 is 0 Å². The van der Waals surface area contributed by atoms with Gasteiger partial charge >= 0.3 is 0 Å². The molecule has 2 aromatic heterocycles. The fourth-order valence-corrected chi connectivity index (χ4v) is 8.38. The van der Waals surface area contributed by atoms with E-state index in [1.807, 2.05) is 0 Å². The Hall–Kier alpha value is -5.86. The first-order chi connectivity index (χ1) is 23.1. The highest BCUT2D eigenvalue weighted by atomic mass is 15.0. The molecule has 0 atom stereocenters. The topological polar surface area (TPSA) is 9.86 Å². The van der Waals surface area contributed by atoms with Crippen LogP contribution in [-0.4, -0.2) is 9.13 Å². The Morgan fingerprint density at radius 1 is 0.383 bits per heavy atom. The summed E-state index contributed by atoms with van der Waals surface area (Å²) >= 11 is 0. The first-order valence-corrected chi connectivity index (χ1v) is 16.5. The molecule has 10 rings (SSSR count). The van der Waals surface area contributed by atoms with E-state index in [0.29, 0.717) is 0 Å². The van der Waals surface area contributed by atoms with E-state index in [-0.39, 0.29) is 5.41 Å². The third kappa shape index (κ3) is 3.61. The van der Waals surface area contributed by atoms with Gasteiger partial charge in [-0.3, -0.25) is 0 Å². The number of para-hydroxylation sites is 3. The van der Waals surface area contributed by atoms with Gasteiger partial charge in [0, 0.05) is 38.3 Å². The molecular weight excluding hydrogens is 569 g/mol. The number of hydrogen-bond acceptors (Lipinski definition) is 0. The van der Waals surface area contributed by atoms with Crippen molar-refractivity contribution in [1.29, 1.82) is 0 Å². The van der Waals surface area contributed by atoms with E-state index >= 15 is 0 Å². The molecule has 2 heterocycles. The molecule has 7 aromatic carbocycles. The molecule has 1 aliphatic rings. The molecule has 0 N–H and O–H groups in total. The number of rotatable bonds is 3. The molecule has 0 amide bonds. The van der Waals surface area contributed by atoms with Crippen LogP contribution >= 0.6 is 0 Å². The van der Waals surface area contributed by atoms with E-state index in [1.165, 1.54) is 88.4 Å². The monoisotopic (exact) mass is 600 g/mol. The summed E-state index contributed by atoms with van der Waals surface area (Å²) in [6.07, 6.45) is 0. The molecule has 222 valence electrons. The molecule has 0 bridgehead atoms. The van der Waals surface area contributed by atoms with Gasteiger partial charge in [-0.05, 0) is 88.0 Å². The average Bonchev–Trinajstić information content (AvgIpc) is 3.72. The lowest BCUT2D eigenvalue weighted by molar-refractivity contribution is 0.660. The molecule has 47 heavy (non-hydrogen) atoms. The van der Waals surface area contributed by atoms with E-state index in [9.17, 15) is 0 Å².